The molecular weight excluding hydrogens is 500 g/mol. The molecule has 2 heterocycles. The number of ether oxygens (including phenoxy) is 1. The van der Waals surface area contributed by atoms with Crippen molar-refractivity contribution in [3.63, 3.8) is 0 Å². The summed E-state index contributed by atoms with van der Waals surface area (Å²) in [6.45, 7) is 2.36. The maximum Gasteiger partial charge on any atom is 0.353 e. The lowest BCUT2D eigenvalue weighted by atomic mass is 10.0. The molecule has 0 bridgehead atoms. The van der Waals surface area contributed by atoms with Crippen LogP contribution in [0.15, 0.2) is 81.7 Å². The third-order valence-electron chi connectivity index (χ3n) is 6.05. The van der Waals surface area contributed by atoms with Crippen LogP contribution in [-0.4, -0.2) is 21.8 Å². The zero-order valence-corrected chi connectivity index (χ0v) is 22.3. The fourth-order valence-corrected chi connectivity index (χ4v) is 4.55. The summed E-state index contributed by atoms with van der Waals surface area (Å²) in [5.41, 5.74) is 3.01. The van der Waals surface area contributed by atoms with Crippen LogP contribution in [0.4, 0.5) is 0 Å². The number of aryl methyl sites for hydroxylation is 2. The Balaban J connectivity index is 1.17. The molecule has 0 aliphatic carbocycles. The summed E-state index contributed by atoms with van der Waals surface area (Å²) in [6.07, 6.45) is 5.32. The zero-order valence-electron chi connectivity index (χ0n) is 21.5. The molecule has 4 rings (SSSR count). The van der Waals surface area contributed by atoms with Crippen molar-refractivity contribution in [3.05, 3.63) is 94.7 Å². The van der Waals surface area contributed by atoms with Gasteiger partial charge in [-0.2, -0.15) is 0 Å². The summed E-state index contributed by atoms with van der Waals surface area (Å²) in [4.78, 5) is 22.4. The lowest BCUT2D eigenvalue weighted by Crippen LogP contribution is -2.13. The van der Waals surface area contributed by atoms with Crippen LogP contribution in [0.3, 0.4) is 0 Å². The minimum absolute atomic E-state index is 0.0536. The Hall–Kier alpha value is -3.91. The van der Waals surface area contributed by atoms with E-state index >= 15 is 0 Å². The lowest BCUT2D eigenvalue weighted by molar-refractivity contribution is -0.129. The average molecular weight is 533 g/mol. The fraction of sp³-hybridized carbons (Fsp3) is 0.300. The van der Waals surface area contributed by atoms with Gasteiger partial charge in [-0.3, -0.25) is 0 Å². The van der Waals surface area contributed by atoms with Crippen molar-refractivity contribution in [2.24, 2.45) is 5.16 Å². The monoisotopic (exact) mass is 532 g/mol. The topological polar surface area (TPSA) is 94.2 Å². The van der Waals surface area contributed by atoms with Crippen molar-refractivity contribution in [2.45, 2.75) is 58.7 Å². The Morgan fingerprint density at radius 3 is 2.47 bits per heavy atom. The van der Waals surface area contributed by atoms with Gasteiger partial charge in [-0.05, 0) is 60.9 Å². The van der Waals surface area contributed by atoms with Gasteiger partial charge in [-0.1, -0.05) is 66.5 Å². The quantitative estimate of drug-likeness (QED) is 0.0971. The molecule has 8 heteroatoms. The molecule has 0 unspecified atom stereocenters. The molecule has 2 aromatic carbocycles. The summed E-state index contributed by atoms with van der Waals surface area (Å²) in [7, 11) is 0. The van der Waals surface area contributed by atoms with Crippen molar-refractivity contribution in [2.75, 3.05) is 0 Å². The second-order valence-corrected chi connectivity index (χ2v) is 9.90. The Morgan fingerprint density at radius 2 is 1.74 bits per heavy atom. The van der Waals surface area contributed by atoms with Gasteiger partial charge in [0.05, 0.1) is 4.88 Å². The molecule has 0 radical (unpaired) electrons. The molecule has 0 amide bonds. The molecule has 7 nitrogen and oxygen atoms in total. The number of carbonyl (C=O) groups is 1. The number of aliphatic carboxylic acids is 1. The van der Waals surface area contributed by atoms with E-state index in [4.69, 9.17) is 14.0 Å². The van der Waals surface area contributed by atoms with Crippen LogP contribution in [0.5, 0.6) is 5.75 Å². The van der Waals surface area contributed by atoms with Crippen molar-refractivity contribution in [1.29, 1.82) is 0 Å². The molecule has 1 N–H and O–H groups in total. The maximum absolute atomic E-state index is 11.5. The molecule has 0 saturated carbocycles. The highest BCUT2D eigenvalue weighted by atomic mass is 32.1. The first-order chi connectivity index (χ1) is 18.6. The standard InChI is InChI=1S/C30H32N2O5S/c1-22-27(31-29(37-22)28-14-9-19-38-28)21-35-25-17-15-24(16-18-25)20-36-32-26(30(33)34)13-8-3-2-5-10-23-11-6-4-7-12-23/h4,6-7,9,11-12,14-19H,2-3,5,8,10,13,20-21H2,1H3,(H,33,34). The minimum atomic E-state index is -1.04. The average Bonchev–Trinajstić information content (AvgIpc) is 3.59. The van der Waals surface area contributed by atoms with Crippen LogP contribution in [0, 0.1) is 6.92 Å². The van der Waals surface area contributed by atoms with Crippen molar-refractivity contribution in [1.82, 2.24) is 4.98 Å². The van der Waals surface area contributed by atoms with Crippen LogP contribution >= 0.6 is 11.3 Å². The van der Waals surface area contributed by atoms with Gasteiger partial charge in [0, 0.05) is 6.42 Å². The third-order valence-corrected chi connectivity index (χ3v) is 6.91. The number of carboxylic acids is 1. The SMILES string of the molecule is Cc1oc(-c2cccs2)nc1COc1ccc(CON=C(CCCCCCc2ccccc2)C(=O)O)cc1. The Bertz CT molecular complexity index is 1300. The molecule has 4 aromatic rings. The zero-order chi connectivity index (χ0) is 26.6. The summed E-state index contributed by atoms with van der Waals surface area (Å²) in [5.74, 6) is 0.991. The highest BCUT2D eigenvalue weighted by Gasteiger charge is 2.13. The summed E-state index contributed by atoms with van der Waals surface area (Å²) in [5, 5.41) is 15.3. The van der Waals surface area contributed by atoms with Crippen LogP contribution in [0.25, 0.3) is 10.8 Å². The predicted molar refractivity (Wildman–Crippen MR) is 148 cm³/mol. The van der Waals surface area contributed by atoms with Gasteiger partial charge < -0.3 is 19.1 Å². The van der Waals surface area contributed by atoms with Gasteiger partial charge in [0.15, 0.2) is 5.71 Å². The van der Waals surface area contributed by atoms with E-state index in [1.54, 1.807) is 11.3 Å². The van der Waals surface area contributed by atoms with E-state index in [-0.39, 0.29) is 12.3 Å². The number of nitrogens with zero attached hydrogens (tertiary/aromatic N) is 2. The summed E-state index contributed by atoms with van der Waals surface area (Å²) >= 11 is 1.58. The molecule has 198 valence electrons. The second-order valence-electron chi connectivity index (χ2n) is 8.95. The number of benzene rings is 2. The van der Waals surface area contributed by atoms with E-state index in [2.05, 4.69) is 34.4 Å². The highest BCUT2D eigenvalue weighted by Crippen LogP contribution is 2.26. The lowest BCUT2D eigenvalue weighted by Gasteiger charge is -2.07. The number of hydrogen-bond donors (Lipinski definition) is 1. The molecule has 0 saturated heterocycles. The number of unbranched alkanes of at least 4 members (excludes halogenated alkanes) is 3. The van der Waals surface area contributed by atoms with E-state index < -0.39 is 5.97 Å². The van der Waals surface area contributed by atoms with Gasteiger partial charge >= 0.3 is 5.97 Å². The first kappa shape index (κ1) is 27.1. The largest absolute Gasteiger partial charge is 0.487 e. The molecule has 0 spiro atoms. The Kier molecular flexibility index (Phi) is 10.1. The first-order valence-electron chi connectivity index (χ1n) is 12.8. The molecule has 0 aliphatic rings. The Labute approximate surface area is 226 Å². The van der Waals surface area contributed by atoms with Gasteiger partial charge in [0.2, 0.25) is 5.89 Å². The smallest absolute Gasteiger partial charge is 0.353 e. The maximum atomic E-state index is 11.5. The minimum Gasteiger partial charge on any atom is -0.487 e. The summed E-state index contributed by atoms with van der Waals surface area (Å²) < 4.78 is 11.6. The molecule has 0 fully saturated rings. The number of hydrogen-bond acceptors (Lipinski definition) is 7. The Morgan fingerprint density at radius 1 is 0.947 bits per heavy atom. The van der Waals surface area contributed by atoms with Crippen molar-refractivity contribution >= 4 is 23.0 Å². The first-order valence-corrected chi connectivity index (χ1v) is 13.6. The number of oxazole rings is 1. The van der Waals surface area contributed by atoms with Crippen molar-refractivity contribution < 1.29 is 23.9 Å². The van der Waals surface area contributed by atoms with Crippen molar-refractivity contribution in [3.8, 4) is 16.5 Å². The molecule has 2 aromatic heterocycles. The number of aromatic nitrogens is 1. The van der Waals surface area contributed by atoms with E-state index in [0.29, 0.717) is 24.7 Å². The van der Waals surface area contributed by atoms with E-state index in [0.717, 1.165) is 54.0 Å². The van der Waals surface area contributed by atoms with E-state index in [1.165, 1.54) is 5.56 Å². The number of rotatable bonds is 15. The number of carboxylic acid groups (broad SMARTS) is 1. The van der Waals surface area contributed by atoms with Gasteiger partial charge in [-0.15, -0.1) is 11.3 Å². The fourth-order valence-electron chi connectivity index (χ4n) is 3.90. The number of thiophene rings is 1. The van der Waals surface area contributed by atoms with Crippen LogP contribution in [0.1, 0.15) is 54.7 Å². The highest BCUT2D eigenvalue weighted by molar-refractivity contribution is 7.13. The molecule has 0 aliphatic heterocycles. The molecular formula is C30H32N2O5S. The van der Waals surface area contributed by atoms with Crippen LogP contribution in [0.2, 0.25) is 0 Å². The van der Waals surface area contributed by atoms with Crippen LogP contribution in [-0.2, 0) is 29.3 Å². The summed E-state index contributed by atoms with van der Waals surface area (Å²) in [6, 6.07) is 21.7. The predicted octanol–water partition coefficient (Wildman–Crippen LogP) is 7.44. The number of oxime groups is 1. The van der Waals surface area contributed by atoms with E-state index in [9.17, 15) is 9.90 Å². The second kappa shape index (κ2) is 14.1. The van der Waals surface area contributed by atoms with Gasteiger partial charge in [0.25, 0.3) is 0 Å². The van der Waals surface area contributed by atoms with E-state index in [1.807, 2.05) is 54.8 Å². The molecule has 0 atom stereocenters. The normalized spacial score (nSPS) is 11.4. The van der Waals surface area contributed by atoms with Crippen LogP contribution < -0.4 is 4.74 Å². The third kappa shape index (κ3) is 8.31. The molecule has 38 heavy (non-hydrogen) atoms. The van der Waals surface area contributed by atoms with Gasteiger partial charge in [-0.25, -0.2) is 9.78 Å². The van der Waals surface area contributed by atoms with Gasteiger partial charge in [0.1, 0.15) is 30.4 Å².